The molecule has 1 aliphatic carbocycles. The average Bonchev–Trinajstić information content (AvgIpc) is 2.52. The van der Waals surface area contributed by atoms with Gasteiger partial charge in [-0.2, -0.15) is 0 Å². The fourth-order valence-electron chi connectivity index (χ4n) is 2.37. The van der Waals surface area contributed by atoms with Crippen LogP contribution < -0.4 is 0 Å². The van der Waals surface area contributed by atoms with E-state index in [9.17, 15) is 5.11 Å². The number of rotatable bonds is 4. The zero-order valence-electron chi connectivity index (χ0n) is 8.42. The summed E-state index contributed by atoms with van der Waals surface area (Å²) in [5.74, 6) is 1.52. The summed E-state index contributed by atoms with van der Waals surface area (Å²) in [4.78, 5) is 0. The molecule has 1 rings (SSSR count). The van der Waals surface area contributed by atoms with Gasteiger partial charge in [0, 0.05) is 0 Å². The molecule has 2 unspecified atom stereocenters. The highest BCUT2D eigenvalue weighted by Crippen LogP contribution is 2.35. The van der Waals surface area contributed by atoms with E-state index in [4.69, 9.17) is 0 Å². The molecule has 1 aliphatic rings. The minimum absolute atomic E-state index is 0.00782. The topological polar surface area (TPSA) is 20.2 Å². The van der Waals surface area contributed by atoms with Gasteiger partial charge in [-0.15, -0.1) is 0 Å². The number of aliphatic hydroxyl groups excluding tert-OH is 1. The van der Waals surface area contributed by atoms with Gasteiger partial charge < -0.3 is 5.11 Å². The fourth-order valence-corrected chi connectivity index (χ4v) is 2.37. The van der Waals surface area contributed by atoms with Gasteiger partial charge >= 0.3 is 0 Å². The number of hydrogen-bond donors (Lipinski definition) is 1. The first-order valence-corrected chi connectivity index (χ1v) is 5.46. The second-order valence-corrected chi connectivity index (χ2v) is 4.20. The second-order valence-electron chi connectivity index (χ2n) is 4.20. The maximum atomic E-state index is 9.76. The predicted octanol–water partition coefficient (Wildman–Crippen LogP) is 2.97. The van der Waals surface area contributed by atoms with Crippen molar-refractivity contribution in [3.63, 3.8) is 0 Å². The maximum absolute atomic E-state index is 9.76. The molecule has 3 atom stereocenters. The van der Waals surface area contributed by atoms with Gasteiger partial charge in [-0.1, -0.05) is 33.1 Å². The van der Waals surface area contributed by atoms with Crippen molar-refractivity contribution >= 4 is 0 Å². The molecule has 0 aromatic carbocycles. The second kappa shape index (κ2) is 4.86. The van der Waals surface area contributed by atoms with E-state index in [2.05, 4.69) is 13.8 Å². The molecule has 0 aliphatic heterocycles. The molecular weight excluding hydrogens is 148 g/mol. The Balaban J connectivity index is 2.25. The van der Waals surface area contributed by atoms with E-state index in [1.807, 2.05) is 0 Å². The summed E-state index contributed by atoms with van der Waals surface area (Å²) in [7, 11) is 0. The first-order valence-electron chi connectivity index (χ1n) is 5.46. The summed E-state index contributed by atoms with van der Waals surface area (Å²) >= 11 is 0. The molecule has 0 amide bonds. The third-order valence-corrected chi connectivity index (χ3v) is 3.29. The van der Waals surface area contributed by atoms with E-state index in [0.717, 1.165) is 18.8 Å². The minimum atomic E-state index is -0.00782. The molecule has 0 saturated heterocycles. The molecule has 1 fully saturated rings. The van der Waals surface area contributed by atoms with Crippen LogP contribution in [0.2, 0.25) is 0 Å². The Hall–Kier alpha value is -0.0400. The Morgan fingerprint density at radius 1 is 1.33 bits per heavy atom. The van der Waals surface area contributed by atoms with E-state index in [-0.39, 0.29) is 6.10 Å². The lowest BCUT2D eigenvalue weighted by Gasteiger charge is -2.17. The Kier molecular flexibility index (Phi) is 4.07. The lowest BCUT2D eigenvalue weighted by atomic mass is 9.95. The Labute approximate surface area is 76.2 Å². The lowest BCUT2D eigenvalue weighted by Crippen LogP contribution is -2.17. The van der Waals surface area contributed by atoms with Crippen molar-refractivity contribution in [2.45, 2.75) is 58.5 Å². The molecule has 0 aromatic heterocycles. The van der Waals surface area contributed by atoms with E-state index in [1.54, 1.807) is 0 Å². The molecule has 1 N–H and O–H groups in total. The average molecular weight is 170 g/mol. The molecule has 12 heavy (non-hydrogen) atoms. The van der Waals surface area contributed by atoms with Crippen LogP contribution in [-0.4, -0.2) is 11.2 Å². The number of aliphatic hydroxyl groups is 1. The third kappa shape index (κ3) is 2.48. The van der Waals surface area contributed by atoms with Crippen LogP contribution in [0.1, 0.15) is 52.4 Å². The van der Waals surface area contributed by atoms with Crippen LogP contribution in [0.5, 0.6) is 0 Å². The van der Waals surface area contributed by atoms with Crippen molar-refractivity contribution in [2.75, 3.05) is 0 Å². The van der Waals surface area contributed by atoms with Gasteiger partial charge in [0.2, 0.25) is 0 Å². The molecule has 1 nitrogen and oxygen atoms in total. The molecule has 0 radical (unpaired) electrons. The molecule has 0 heterocycles. The molecule has 1 heteroatoms. The minimum Gasteiger partial charge on any atom is -0.393 e. The predicted molar refractivity (Wildman–Crippen MR) is 52.0 cm³/mol. The fraction of sp³-hybridized carbons (Fsp3) is 1.00. The van der Waals surface area contributed by atoms with Crippen molar-refractivity contribution in [3.8, 4) is 0 Å². The van der Waals surface area contributed by atoms with Crippen LogP contribution >= 0.6 is 0 Å². The van der Waals surface area contributed by atoms with Gasteiger partial charge in [0.25, 0.3) is 0 Å². The van der Waals surface area contributed by atoms with Gasteiger partial charge in [0.1, 0.15) is 0 Å². The first-order chi connectivity index (χ1) is 5.77. The standard InChI is InChI=1S/C11H22O/c1-3-5-11(12)10-7-6-9(4-2)8-10/h9-12H,3-8H2,1-2H3/t9?,10?,11-/m0/s1. The number of hydrogen-bond acceptors (Lipinski definition) is 1. The van der Waals surface area contributed by atoms with Crippen LogP contribution in [-0.2, 0) is 0 Å². The molecule has 0 aromatic rings. The van der Waals surface area contributed by atoms with Crippen molar-refractivity contribution in [2.24, 2.45) is 11.8 Å². The molecule has 0 bridgehead atoms. The van der Waals surface area contributed by atoms with Crippen LogP contribution in [0, 0.1) is 11.8 Å². The highest BCUT2D eigenvalue weighted by Gasteiger charge is 2.27. The van der Waals surface area contributed by atoms with Gasteiger partial charge in [-0.05, 0) is 31.1 Å². The Morgan fingerprint density at radius 3 is 2.58 bits per heavy atom. The van der Waals surface area contributed by atoms with Gasteiger partial charge in [0.15, 0.2) is 0 Å². The van der Waals surface area contributed by atoms with Crippen molar-refractivity contribution in [1.82, 2.24) is 0 Å². The van der Waals surface area contributed by atoms with E-state index in [0.29, 0.717) is 5.92 Å². The zero-order valence-corrected chi connectivity index (χ0v) is 8.42. The monoisotopic (exact) mass is 170 g/mol. The summed E-state index contributed by atoms with van der Waals surface area (Å²) in [6, 6.07) is 0. The normalized spacial score (nSPS) is 32.2. The van der Waals surface area contributed by atoms with E-state index in [1.165, 1.54) is 25.7 Å². The summed E-state index contributed by atoms with van der Waals surface area (Å²) in [6.45, 7) is 4.41. The zero-order chi connectivity index (χ0) is 8.97. The van der Waals surface area contributed by atoms with Crippen LogP contribution in [0.15, 0.2) is 0 Å². The molecule has 1 saturated carbocycles. The van der Waals surface area contributed by atoms with Crippen LogP contribution in [0.3, 0.4) is 0 Å². The van der Waals surface area contributed by atoms with Crippen molar-refractivity contribution in [1.29, 1.82) is 0 Å². The van der Waals surface area contributed by atoms with Gasteiger partial charge in [0.05, 0.1) is 6.10 Å². The summed E-state index contributed by atoms with van der Waals surface area (Å²) in [5, 5.41) is 9.76. The highest BCUT2D eigenvalue weighted by atomic mass is 16.3. The molecule has 72 valence electrons. The SMILES string of the molecule is CCC[C@H](O)C1CCC(CC)C1. The molecule has 0 spiro atoms. The Morgan fingerprint density at radius 2 is 2.08 bits per heavy atom. The largest absolute Gasteiger partial charge is 0.393 e. The molecular formula is C11H22O. The summed E-state index contributed by atoms with van der Waals surface area (Å²) in [5.41, 5.74) is 0. The van der Waals surface area contributed by atoms with Crippen LogP contribution in [0.25, 0.3) is 0 Å². The van der Waals surface area contributed by atoms with E-state index < -0.39 is 0 Å². The lowest BCUT2D eigenvalue weighted by molar-refractivity contribution is 0.0988. The maximum Gasteiger partial charge on any atom is 0.0568 e. The summed E-state index contributed by atoms with van der Waals surface area (Å²) < 4.78 is 0. The van der Waals surface area contributed by atoms with Gasteiger partial charge in [-0.3, -0.25) is 0 Å². The third-order valence-electron chi connectivity index (χ3n) is 3.29. The van der Waals surface area contributed by atoms with Crippen molar-refractivity contribution in [3.05, 3.63) is 0 Å². The highest BCUT2D eigenvalue weighted by molar-refractivity contribution is 4.79. The van der Waals surface area contributed by atoms with E-state index >= 15 is 0 Å². The first kappa shape index (κ1) is 10.0. The summed E-state index contributed by atoms with van der Waals surface area (Å²) in [6.07, 6.45) is 7.30. The quantitative estimate of drug-likeness (QED) is 0.687. The van der Waals surface area contributed by atoms with Gasteiger partial charge in [-0.25, -0.2) is 0 Å². The van der Waals surface area contributed by atoms with Crippen LogP contribution in [0.4, 0.5) is 0 Å². The Bertz CT molecular complexity index is 122. The smallest absolute Gasteiger partial charge is 0.0568 e. The van der Waals surface area contributed by atoms with Crippen molar-refractivity contribution < 1.29 is 5.11 Å².